The number of pyridine rings is 1. The van der Waals surface area contributed by atoms with Crippen LogP contribution in [0.1, 0.15) is 35.9 Å². The summed E-state index contributed by atoms with van der Waals surface area (Å²) >= 11 is 0. The van der Waals surface area contributed by atoms with Gasteiger partial charge in [0.15, 0.2) is 0 Å². The minimum absolute atomic E-state index is 0.0555. The molecule has 8 heteroatoms. The lowest BCUT2D eigenvalue weighted by Crippen LogP contribution is -2.13. The number of aromatic nitrogens is 5. The molecule has 4 aromatic rings. The zero-order chi connectivity index (χ0) is 21.7. The quantitative estimate of drug-likeness (QED) is 0.518. The van der Waals surface area contributed by atoms with Gasteiger partial charge in [0.25, 0.3) is 0 Å². The van der Waals surface area contributed by atoms with E-state index in [1.807, 2.05) is 23.0 Å². The third-order valence-electron chi connectivity index (χ3n) is 6.68. The van der Waals surface area contributed by atoms with Gasteiger partial charge in [0.1, 0.15) is 22.7 Å². The first-order valence-electron chi connectivity index (χ1n) is 11.0. The van der Waals surface area contributed by atoms with Gasteiger partial charge in [0.05, 0.1) is 36.9 Å². The van der Waals surface area contributed by atoms with Gasteiger partial charge in [-0.3, -0.25) is 9.78 Å². The fraction of sp³-hybridized carbons (Fsp3) is 0.333. The standard InChI is InChI=1S/C24H23N7O/c1-32-21-9-20-24(22(30-29-20)15-11-27-31(13-15)16-7-8-26-12-16)28-23(21)19-4-2-3-17-14(10-25)5-6-18(17)19/h2-4,9,11,13-14,16,26H,5-8,12H2,1H3,(H,29,30). The number of benzene rings is 1. The predicted octanol–water partition coefficient (Wildman–Crippen LogP) is 3.58. The highest BCUT2D eigenvalue weighted by Gasteiger charge is 2.27. The van der Waals surface area contributed by atoms with Crippen molar-refractivity contribution < 1.29 is 4.74 Å². The van der Waals surface area contributed by atoms with E-state index in [-0.39, 0.29) is 5.92 Å². The first-order valence-corrected chi connectivity index (χ1v) is 11.0. The molecule has 1 aliphatic heterocycles. The minimum atomic E-state index is -0.0555. The molecular formula is C24H23N7O. The summed E-state index contributed by atoms with van der Waals surface area (Å²) in [7, 11) is 1.66. The van der Waals surface area contributed by atoms with Gasteiger partial charge in [0, 0.05) is 29.9 Å². The highest BCUT2D eigenvalue weighted by atomic mass is 16.5. The van der Waals surface area contributed by atoms with Gasteiger partial charge < -0.3 is 10.1 Å². The van der Waals surface area contributed by atoms with Crippen LogP contribution in [-0.4, -0.2) is 45.2 Å². The number of H-pyrrole nitrogens is 1. The van der Waals surface area contributed by atoms with Gasteiger partial charge in [-0.05, 0) is 36.9 Å². The van der Waals surface area contributed by atoms with Crippen molar-refractivity contribution in [3.63, 3.8) is 0 Å². The molecule has 32 heavy (non-hydrogen) atoms. The number of nitrogens with one attached hydrogen (secondary N) is 2. The molecule has 2 aliphatic rings. The largest absolute Gasteiger partial charge is 0.494 e. The molecule has 0 bridgehead atoms. The van der Waals surface area contributed by atoms with Crippen LogP contribution in [0.3, 0.4) is 0 Å². The third kappa shape index (κ3) is 2.89. The van der Waals surface area contributed by atoms with Crippen molar-refractivity contribution in [1.29, 1.82) is 5.26 Å². The second kappa shape index (κ2) is 7.46. The number of rotatable bonds is 4. The second-order valence-corrected chi connectivity index (χ2v) is 8.46. The number of aromatic amines is 1. The molecule has 2 atom stereocenters. The van der Waals surface area contributed by atoms with Crippen molar-refractivity contribution in [1.82, 2.24) is 30.3 Å². The van der Waals surface area contributed by atoms with E-state index in [1.165, 1.54) is 5.56 Å². The molecule has 0 radical (unpaired) electrons. The van der Waals surface area contributed by atoms with Crippen LogP contribution in [0.5, 0.6) is 5.75 Å². The van der Waals surface area contributed by atoms with Gasteiger partial charge in [-0.25, -0.2) is 4.98 Å². The highest BCUT2D eigenvalue weighted by Crippen LogP contribution is 2.42. The third-order valence-corrected chi connectivity index (χ3v) is 6.68. The monoisotopic (exact) mass is 425 g/mol. The van der Waals surface area contributed by atoms with E-state index in [1.54, 1.807) is 7.11 Å². The summed E-state index contributed by atoms with van der Waals surface area (Å²) in [6.07, 6.45) is 6.70. The number of hydrogen-bond donors (Lipinski definition) is 2. The lowest BCUT2D eigenvalue weighted by molar-refractivity contribution is 0.415. The number of methoxy groups -OCH3 is 1. The maximum absolute atomic E-state index is 9.52. The summed E-state index contributed by atoms with van der Waals surface area (Å²) in [4.78, 5) is 5.04. The fourth-order valence-corrected chi connectivity index (χ4v) is 5.02. The van der Waals surface area contributed by atoms with E-state index in [0.717, 1.165) is 71.5 Å². The normalized spacial score (nSPS) is 19.9. The summed E-state index contributed by atoms with van der Waals surface area (Å²) in [5.74, 6) is 0.634. The molecule has 2 unspecified atom stereocenters. The number of nitrogens with zero attached hydrogens (tertiary/aromatic N) is 5. The Balaban J connectivity index is 1.48. The Morgan fingerprint density at radius 2 is 2.19 bits per heavy atom. The summed E-state index contributed by atoms with van der Waals surface area (Å²) < 4.78 is 7.73. The molecule has 8 nitrogen and oxygen atoms in total. The SMILES string of the molecule is COc1cc2[nH]nc(-c3cnn(C4CCNC4)c3)c2nc1-c1cccc2c1CCC2C#N. The van der Waals surface area contributed by atoms with E-state index in [4.69, 9.17) is 9.72 Å². The zero-order valence-electron chi connectivity index (χ0n) is 17.8. The van der Waals surface area contributed by atoms with Crippen LogP contribution < -0.4 is 10.1 Å². The maximum Gasteiger partial charge on any atom is 0.147 e. The first kappa shape index (κ1) is 19.0. The van der Waals surface area contributed by atoms with Crippen molar-refractivity contribution >= 4 is 11.0 Å². The van der Waals surface area contributed by atoms with Crippen molar-refractivity contribution in [2.75, 3.05) is 20.2 Å². The van der Waals surface area contributed by atoms with Crippen molar-refractivity contribution in [3.05, 3.63) is 47.8 Å². The molecule has 2 N–H and O–H groups in total. The van der Waals surface area contributed by atoms with Crippen molar-refractivity contribution in [3.8, 4) is 34.3 Å². The molecular weight excluding hydrogens is 402 g/mol. The molecule has 1 aromatic carbocycles. The smallest absolute Gasteiger partial charge is 0.147 e. The summed E-state index contributed by atoms with van der Waals surface area (Å²) in [5, 5.41) is 25.1. The number of hydrogen-bond acceptors (Lipinski definition) is 6. The van der Waals surface area contributed by atoms with Gasteiger partial charge in [-0.1, -0.05) is 18.2 Å². The molecule has 0 amide bonds. The molecule has 160 valence electrons. The van der Waals surface area contributed by atoms with Gasteiger partial charge in [0.2, 0.25) is 0 Å². The molecule has 6 rings (SSSR count). The topological polar surface area (TPSA) is 104 Å². The molecule has 4 heterocycles. The Bertz CT molecular complexity index is 1360. The summed E-state index contributed by atoms with van der Waals surface area (Å²) in [6, 6.07) is 10.9. The lowest BCUT2D eigenvalue weighted by Gasteiger charge is -2.12. The molecule has 1 aliphatic carbocycles. The fourth-order valence-electron chi connectivity index (χ4n) is 5.02. The molecule has 0 saturated carbocycles. The predicted molar refractivity (Wildman–Crippen MR) is 120 cm³/mol. The van der Waals surface area contributed by atoms with Crippen LogP contribution in [0.15, 0.2) is 36.7 Å². The van der Waals surface area contributed by atoms with Crippen LogP contribution >= 0.6 is 0 Å². The average molecular weight is 425 g/mol. The van der Waals surface area contributed by atoms with E-state index < -0.39 is 0 Å². The Morgan fingerprint density at radius 1 is 1.25 bits per heavy atom. The van der Waals surface area contributed by atoms with Gasteiger partial charge in [-0.15, -0.1) is 0 Å². The number of ether oxygens (including phenoxy) is 1. The Morgan fingerprint density at radius 3 is 3.00 bits per heavy atom. The minimum Gasteiger partial charge on any atom is -0.494 e. The van der Waals surface area contributed by atoms with Gasteiger partial charge >= 0.3 is 0 Å². The van der Waals surface area contributed by atoms with E-state index in [2.05, 4.69) is 45.0 Å². The Kier molecular flexibility index (Phi) is 4.44. The molecule has 3 aromatic heterocycles. The average Bonchev–Trinajstić information content (AvgIpc) is 3.62. The van der Waals surface area contributed by atoms with E-state index in [0.29, 0.717) is 11.8 Å². The maximum atomic E-state index is 9.52. The molecule has 1 fully saturated rings. The van der Waals surface area contributed by atoms with Crippen molar-refractivity contribution in [2.24, 2.45) is 0 Å². The zero-order valence-corrected chi connectivity index (χ0v) is 17.8. The first-order chi connectivity index (χ1) is 15.8. The van der Waals surface area contributed by atoms with Crippen LogP contribution in [0.2, 0.25) is 0 Å². The second-order valence-electron chi connectivity index (χ2n) is 8.46. The molecule has 0 spiro atoms. The van der Waals surface area contributed by atoms with Crippen LogP contribution in [0.4, 0.5) is 0 Å². The van der Waals surface area contributed by atoms with Crippen molar-refractivity contribution in [2.45, 2.75) is 31.2 Å². The van der Waals surface area contributed by atoms with Crippen LogP contribution in [0.25, 0.3) is 33.5 Å². The van der Waals surface area contributed by atoms with E-state index in [9.17, 15) is 5.26 Å². The number of nitriles is 1. The van der Waals surface area contributed by atoms with E-state index >= 15 is 0 Å². The van der Waals surface area contributed by atoms with Crippen LogP contribution in [-0.2, 0) is 6.42 Å². The number of fused-ring (bicyclic) bond motifs is 2. The van der Waals surface area contributed by atoms with Gasteiger partial charge in [-0.2, -0.15) is 15.5 Å². The van der Waals surface area contributed by atoms with Crippen LogP contribution in [0, 0.1) is 11.3 Å². The lowest BCUT2D eigenvalue weighted by atomic mass is 9.97. The summed E-state index contributed by atoms with van der Waals surface area (Å²) in [6.45, 7) is 1.95. The highest BCUT2D eigenvalue weighted by molar-refractivity contribution is 5.92. The Hall–Kier alpha value is -3.70. The summed E-state index contributed by atoms with van der Waals surface area (Å²) in [5.41, 5.74) is 7.43. The Labute approximate surface area is 185 Å². The molecule has 1 saturated heterocycles.